The van der Waals surface area contributed by atoms with Crippen LogP contribution >= 0.6 is 11.6 Å². The molecule has 1 aromatic rings. The average Bonchev–Trinajstić information content (AvgIpc) is 2.41. The van der Waals surface area contributed by atoms with Crippen molar-refractivity contribution < 1.29 is 24.2 Å². The van der Waals surface area contributed by atoms with Gasteiger partial charge in [-0.1, -0.05) is 11.6 Å². The van der Waals surface area contributed by atoms with Gasteiger partial charge in [0, 0.05) is 0 Å². The Balaban J connectivity index is 2.13. The van der Waals surface area contributed by atoms with Gasteiger partial charge in [-0.25, -0.2) is 4.79 Å². The van der Waals surface area contributed by atoms with E-state index in [1.54, 1.807) is 0 Å². The molecule has 1 aromatic carbocycles. The molecule has 0 unspecified atom stereocenters. The number of hydrogen-bond acceptors (Lipinski definition) is 4. The zero-order valence-electron chi connectivity index (χ0n) is 9.68. The fraction of sp³-hybridized carbons (Fsp3) is 0.167. The van der Waals surface area contributed by atoms with Crippen LogP contribution in [0, 0.1) is 0 Å². The normalized spacial score (nSPS) is 13.8. The average molecular weight is 284 g/mol. The van der Waals surface area contributed by atoms with Gasteiger partial charge in [0.15, 0.2) is 0 Å². The summed E-state index contributed by atoms with van der Waals surface area (Å²) in [6.45, 7) is 0.690. The molecular formula is C12H10ClNO5. The van der Waals surface area contributed by atoms with Crippen LogP contribution in [0.15, 0.2) is 30.2 Å². The van der Waals surface area contributed by atoms with Gasteiger partial charge in [-0.2, -0.15) is 0 Å². The Hall–Kier alpha value is -2.21. The number of carbonyl (C=O) groups is 2. The molecule has 1 amide bonds. The Morgan fingerprint density at radius 1 is 1.32 bits per heavy atom. The highest BCUT2D eigenvalue weighted by molar-refractivity contribution is 6.34. The molecule has 0 saturated heterocycles. The fourth-order valence-electron chi connectivity index (χ4n) is 1.42. The molecule has 0 aromatic heterocycles. The third kappa shape index (κ3) is 3.17. The minimum absolute atomic E-state index is 0.0412. The number of rotatable bonds is 3. The molecule has 2 N–H and O–H groups in total. The van der Waals surface area contributed by atoms with Crippen molar-refractivity contribution in [2.24, 2.45) is 0 Å². The molecule has 7 heteroatoms. The summed E-state index contributed by atoms with van der Waals surface area (Å²) in [6, 6.07) is 4.01. The molecule has 0 bridgehead atoms. The first-order valence-electron chi connectivity index (χ1n) is 5.36. The molecule has 0 radical (unpaired) electrons. The second kappa shape index (κ2) is 5.62. The highest BCUT2D eigenvalue weighted by atomic mass is 35.5. The third-order valence-electron chi connectivity index (χ3n) is 2.34. The van der Waals surface area contributed by atoms with Crippen molar-refractivity contribution in [2.75, 3.05) is 18.5 Å². The second-order valence-corrected chi connectivity index (χ2v) is 4.06. The molecule has 0 saturated carbocycles. The van der Waals surface area contributed by atoms with Crippen molar-refractivity contribution >= 4 is 29.2 Å². The zero-order valence-corrected chi connectivity index (χ0v) is 10.4. The van der Waals surface area contributed by atoms with Crippen LogP contribution in [0.5, 0.6) is 0 Å². The van der Waals surface area contributed by atoms with E-state index in [1.165, 1.54) is 24.5 Å². The molecule has 0 spiro atoms. The smallest absolute Gasteiger partial charge is 0.335 e. The Kier molecular flexibility index (Phi) is 3.91. The van der Waals surface area contributed by atoms with Gasteiger partial charge in [0.25, 0.3) is 5.91 Å². The second-order valence-electron chi connectivity index (χ2n) is 3.66. The van der Waals surface area contributed by atoms with Gasteiger partial charge < -0.3 is 19.9 Å². The minimum atomic E-state index is -1.09. The monoisotopic (exact) mass is 283 g/mol. The minimum Gasteiger partial charge on any atom is -0.494 e. The Morgan fingerprint density at radius 2 is 2.11 bits per heavy atom. The standard InChI is InChI=1S/C12H10ClNO5/c13-8-5-7(12(16)17)1-2-9(8)14-11(15)10-6-18-3-4-19-10/h1-2,5-6H,3-4H2,(H,14,15)(H,16,17). The van der Waals surface area contributed by atoms with Gasteiger partial charge in [-0.15, -0.1) is 0 Å². The number of carboxylic acid groups (broad SMARTS) is 1. The lowest BCUT2D eigenvalue weighted by Crippen LogP contribution is -2.21. The first kappa shape index (κ1) is 13.2. The zero-order chi connectivity index (χ0) is 13.8. The number of halogens is 1. The number of carbonyl (C=O) groups excluding carboxylic acids is 1. The van der Waals surface area contributed by atoms with Crippen LogP contribution in [-0.2, 0) is 14.3 Å². The van der Waals surface area contributed by atoms with Gasteiger partial charge in [0.05, 0.1) is 16.3 Å². The molecule has 1 aliphatic heterocycles. The van der Waals surface area contributed by atoms with E-state index in [-0.39, 0.29) is 16.3 Å². The van der Waals surface area contributed by atoms with Crippen LogP contribution in [0.4, 0.5) is 5.69 Å². The van der Waals surface area contributed by atoms with E-state index >= 15 is 0 Å². The number of nitrogens with one attached hydrogen (secondary N) is 1. The topological polar surface area (TPSA) is 84.9 Å². The summed E-state index contributed by atoms with van der Waals surface area (Å²) >= 11 is 5.89. The molecule has 0 atom stereocenters. The fourth-order valence-corrected chi connectivity index (χ4v) is 1.65. The third-order valence-corrected chi connectivity index (χ3v) is 2.65. The SMILES string of the molecule is O=C(Nc1ccc(C(=O)O)cc1Cl)C1=COCCO1. The van der Waals surface area contributed by atoms with E-state index in [1.807, 2.05) is 0 Å². The van der Waals surface area contributed by atoms with Gasteiger partial charge in [-0.3, -0.25) is 4.79 Å². The summed E-state index contributed by atoms with van der Waals surface area (Å²) < 4.78 is 10.1. The molecule has 1 aliphatic rings. The van der Waals surface area contributed by atoms with E-state index in [0.29, 0.717) is 18.9 Å². The molecule has 19 heavy (non-hydrogen) atoms. The van der Waals surface area contributed by atoms with Crippen molar-refractivity contribution in [3.8, 4) is 0 Å². The lowest BCUT2D eigenvalue weighted by Gasteiger charge is -2.15. The molecular weight excluding hydrogens is 274 g/mol. The number of hydrogen-bond donors (Lipinski definition) is 2. The van der Waals surface area contributed by atoms with Crippen LogP contribution in [0.1, 0.15) is 10.4 Å². The van der Waals surface area contributed by atoms with E-state index < -0.39 is 11.9 Å². The molecule has 100 valence electrons. The Labute approximate surface area is 113 Å². The Morgan fingerprint density at radius 3 is 2.68 bits per heavy atom. The van der Waals surface area contributed by atoms with E-state index in [2.05, 4.69) is 5.32 Å². The van der Waals surface area contributed by atoms with Gasteiger partial charge in [0.2, 0.25) is 5.76 Å². The lowest BCUT2D eigenvalue weighted by atomic mass is 10.2. The van der Waals surface area contributed by atoms with Gasteiger partial charge >= 0.3 is 5.97 Å². The quantitative estimate of drug-likeness (QED) is 0.884. The number of amides is 1. The maximum atomic E-state index is 11.8. The van der Waals surface area contributed by atoms with Crippen LogP contribution in [0.2, 0.25) is 5.02 Å². The predicted octanol–water partition coefficient (Wildman–Crippen LogP) is 1.86. The lowest BCUT2D eigenvalue weighted by molar-refractivity contribution is -0.117. The molecule has 6 nitrogen and oxygen atoms in total. The Bertz CT molecular complexity index is 555. The maximum Gasteiger partial charge on any atom is 0.335 e. The highest BCUT2D eigenvalue weighted by Crippen LogP contribution is 2.24. The van der Waals surface area contributed by atoms with Crippen LogP contribution in [0.3, 0.4) is 0 Å². The number of benzene rings is 1. The van der Waals surface area contributed by atoms with Crippen LogP contribution < -0.4 is 5.32 Å². The number of anilines is 1. The maximum absolute atomic E-state index is 11.8. The summed E-state index contributed by atoms with van der Waals surface area (Å²) in [6.07, 6.45) is 1.22. The number of carboxylic acids is 1. The van der Waals surface area contributed by atoms with E-state index in [0.717, 1.165) is 0 Å². The summed E-state index contributed by atoms with van der Waals surface area (Å²) in [7, 11) is 0. The van der Waals surface area contributed by atoms with Crippen molar-refractivity contribution in [2.45, 2.75) is 0 Å². The predicted molar refractivity (Wildman–Crippen MR) is 67.0 cm³/mol. The first-order chi connectivity index (χ1) is 9.08. The van der Waals surface area contributed by atoms with E-state index in [4.69, 9.17) is 26.2 Å². The largest absolute Gasteiger partial charge is 0.494 e. The van der Waals surface area contributed by atoms with Crippen LogP contribution in [0.25, 0.3) is 0 Å². The van der Waals surface area contributed by atoms with Crippen molar-refractivity contribution in [1.29, 1.82) is 0 Å². The summed E-state index contributed by atoms with van der Waals surface area (Å²) in [5.41, 5.74) is 0.339. The van der Waals surface area contributed by atoms with Crippen LogP contribution in [-0.4, -0.2) is 30.2 Å². The number of ether oxygens (including phenoxy) is 2. The molecule has 0 aliphatic carbocycles. The van der Waals surface area contributed by atoms with Gasteiger partial charge in [-0.05, 0) is 18.2 Å². The highest BCUT2D eigenvalue weighted by Gasteiger charge is 2.16. The van der Waals surface area contributed by atoms with Crippen molar-refractivity contribution in [3.05, 3.63) is 40.8 Å². The van der Waals surface area contributed by atoms with Crippen molar-refractivity contribution in [3.63, 3.8) is 0 Å². The first-order valence-corrected chi connectivity index (χ1v) is 5.74. The molecule has 2 rings (SSSR count). The number of aromatic carboxylic acids is 1. The summed E-state index contributed by atoms with van der Waals surface area (Å²) in [5.74, 6) is -1.55. The summed E-state index contributed by atoms with van der Waals surface area (Å²) in [5, 5.41) is 11.4. The van der Waals surface area contributed by atoms with Crippen molar-refractivity contribution in [1.82, 2.24) is 0 Å². The summed E-state index contributed by atoms with van der Waals surface area (Å²) in [4.78, 5) is 22.5. The molecule has 1 heterocycles. The van der Waals surface area contributed by atoms with E-state index in [9.17, 15) is 9.59 Å². The van der Waals surface area contributed by atoms with Gasteiger partial charge in [0.1, 0.15) is 19.5 Å². The molecule has 0 fully saturated rings.